The Morgan fingerprint density at radius 3 is 2.93 bits per heavy atom. The summed E-state index contributed by atoms with van der Waals surface area (Å²) in [7, 11) is 0. The molecule has 0 radical (unpaired) electrons. The van der Waals surface area contributed by atoms with Crippen molar-refractivity contribution in [3.8, 4) is 0 Å². The molecule has 6 heteroatoms. The molecule has 1 saturated heterocycles. The fourth-order valence-corrected chi connectivity index (χ4v) is 3.86. The van der Waals surface area contributed by atoms with Gasteiger partial charge in [0.25, 0.3) is 5.56 Å². The Hall–Kier alpha value is -2.21. The summed E-state index contributed by atoms with van der Waals surface area (Å²) in [4.78, 5) is 31.4. The van der Waals surface area contributed by atoms with Crippen molar-refractivity contribution in [3.05, 3.63) is 40.3 Å². The lowest BCUT2D eigenvalue weighted by Gasteiger charge is -2.30. The molecule has 1 amide bonds. The van der Waals surface area contributed by atoms with Crippen LogP contribution in [-0.4, -0.2) is 46.5 Å². The molecule has 0 bridgehead atoms. The number of nitrogens with one attached hydrogen (secondary N) is 1. The third kappa shape index (κ3) is 5.16. The number of aryl methyl sites for hydroxylation is 2. The zero-order valence-corrected chi connectivity index (χ0v) is 16.4. The summed E-state index contributed by atoms with van der Waals surface area (Å²) in [5.41, 5.74) is 1.90. The Bertz CT molecular complexity index is 846. The molecule has 0 unspecified atom stereocenters. The van der Waals surface area contributed by atoms with Crippen LogP contribution in [0.15, 0.2) is 29.1 Å². The average molecular weight is 370 g/mol. The van der Waals surface area contributed by atoms with Crippen LogP contribution in [0.2, 0.25) is 0 Å². The van der Waals surface area contributed by atoms with Crippen molar-refractivity contribution in [2.24, 2.45) is 5.92 Å². The lowest BCUT2D eigenvalue weighted by Crippen LogP contribution is -2.36. The Kier molecular flexibility index (Phi) is 6.61. The third-order valence-electron chi connectivity index (χ3n) is 5.29. The maximum absolute atomic E-state index is 12.4. The number of hydrogen-bond donors (Lipinski definition) is 1. The molecule has 1 aromatic carbocycles. The summed E-state index contributed by atoms with van der Waals surface area (Å²) in [6.07, 6.45) is 3.88. The van der Waals surface area contributed by atoms with E-state index >= 15 is 0 Å². The van der Waals surface area contributed by atoms with E-state index in [2.05, 4.69) is 22.1 Å². The van der Waals surface area contributed by atoms with Gasteiger partial charge in [-0.1, -0.05) is 19.1 Å². The number of carbonyl (C=O) groups excluding carboxylic acids is 1. The first-order valence-electron chi connectivity index (χ1n) is 10.00. The van der Waals surface area contributed by atoms with Crippen molar-refractivity contribution in [3.63, 3.8) is 0 Å². The second-order valence-corrected chi connectivity index (χ2v) is 7.64. The predicted octanol–water partition coefficient (Wildman–Crippen LogP) is 2.33. The van der Waals surface area contributed by atoms with Crippen molar-refractivity contribution in [2.45, 2.75) is 46.1 Å². The average Bonchev–Trinajstić information content (AvgIpc) is 2.66. The molecule has 1 N–H and O–H groups in total. The van der Waals surface area contributed by atoms with Gasteiger partial charge < -0.3 is 14.8 Å². The molecule has 1 fully saturated rings. The van der Waals surface area contributed by atoms with Crippen molar-refractivity contribution in [1.29, 1.82) is 0 Å². The third-order valence-corrected chi connectivity index (χ3v) is 5.29. The number of amides is 1. The maximum Gasteiger partial charge on any atom is 0.272 e. The molecule has 2 aromatic rings. The van der Waals surface area contributed by atoms with Crippen molar-refractivity contribution in [2.75, 3.05) is 26.2 Å². The molecule has 6 nitrogen and oxygen atoms in total. The molecule has 146 valence electrons. The zero-order valence-electron chi connectivity index (χ0n) is 16.4. The minimum absolute atomic E-state index is 0.00698. The van der Waals surface area contributed by atoms with Gasteiger partial charge in [0.15, 0.2) is 0 Å². The van der Waals surface area contributed by atoms with Crippen molar-refractivity contribution in [1.82, 2.24) is 19.8 Å². The molecule has 0 aliphatic carbocycles. The highest BCUT2D eigenvalue weighted by molar-refractivity contribution is 5.77. The van der Waals surface area contributed by atoms with E-state index in [4.69, 9.17) is 0 Å². The molecule has 1 aliphatic heterocycles. The minimum atomic E-state index is -0.124. The Balaban J connectivity index is 1.47. The number of carbonyl (C=O) groups is 1. The monoisotopic (exact) mass is 370 g/mol. The van der Waals surface area contributed by atoms with E-state index in [1.807, 2.05) is 24.3 Å². The number of hydrogen-bond acceptors (Lipinski definition) is 4. The fourth-order valence-electron chi connectivity index (χ4n) is 3.86. The van der Waals surface area contributed by atoms with Gasteiger partial charge in [0.2, 0.25) is 5.91 Å². The van der Waals surface area contributed by atoms with Crippen LogP contribution in [0.25, 0.3) is 11.0 Å². The molecular weight excluding hydrogens is 340 g/mol. The molecule has 0 spiro atoms. The van der Waals surface area contributed by atoms with Gasteiger partial charge in [-0.05, 0) is 57.3 Å². The number of aromatic nitrogens is 2. The Morgan fingerprint density at radius 1 is 1.30 bits per heavy atom. The fraction of sp³-hybridized carbons (Fsp3) is 0.571. The van der Waals surface area contributed by atoms with E-state index in [1.54, 1.807) is 11.5 Å². The second-order valence-electron chi connectivity index (χ2n) is 7.64. The topological polar surface area (TPSA) is 67.2 Å². The van der Waals surface area contributed by atoms with Crippen molar-refractivity contribution >= 4 is 16.9 Å². The van der Waals surface area contributed by atoms with E-state index in [0.29, 0.717) is 25.2 Å². The molecule has 1 aliphatic rings. The molecule has 0 saturated carbocycles. The SMILES string of the molecule is Cc1nc2ccccc2n(CCC(=O)NCCCN2CCC[C@@H](C)C2)c1=O. The van der Waals surface area contributed by atoms with Gasteiger partial charge in [0.1, 0.15) is 5.69 Å². The van der Waals surface area contributed by atoms with Crippen LogP contribution in [0.4, 0.5) is 0 Å². The first kappa shape index (κ1) is 19.5. The van der Waals surface area contributed by atoms with Gasteiger partial charge in [-0.15, -0.1) is 0 Å². The van der Waals surface area contributed by atoms with Crippen LogP contribution >= 0.6 is 0 Å². The number of likely N-dealkylation sites (tertiary alicyclic amines) is 1. The quantitative estimate of drug-likeness (QED) is 0.760. The lowest BCUT2D eigenvalue weighted by molar-refractivity contribution is -0.121. The first-order chi connectivity index (χ1) is 13.0. The number of piperidine rings is 1. The summed E-state index contributed by atoms with van der Waals surface area (Å²) < 4.78 is 1.66. The van der Waals surface area contributed by atoms with E-state index in [1.165, 1.54) is 25.9 Å². The van der Waals surface area contributed by atoms with Gasteiger partial charge >= 0.3 is 0 Å². The Morgan fingerprint density at radius 2 is 2.11 bits per heavy atom. The van der Waals surface area contributed by atoms with E-state index in [-0.39, 0.29) is 11.5 Å². The number of rotatable bonds is 7. The lowest BCUT2D eigenvalue weighted by atomic mass is 10.0. The van der Waals surface area contributed by atoms with Gasteiger partial charge in [-0.25, -0.2) is 4.98 Å². The summed E-state index contributed by atoms with van der Waals surface area (Å²) in [5.74, 6) is 0.776. The van der Waals surface area contributed by atoms with E-state index in [0.717, 1.165) is 29.9 Å². The van der Waals surface area contributed by atoms with Crippen LogP contribution in [0.5, 0.6) is 0 Å². The van der Waals surface area contributed by atoms with Crippen LogP contribution in [-0.2, 0) is 11.3 Å². The molecular formula is C21H30N4O2. The molecule has 1 atom stereocenters. The van der Waals surface area contributed by atoms with Gasteiger partial charge in [-0.3, -0.25) is 9.59 Å². The van der Waals surface area contributed by atoms with Gasteiger partial charge in [-0.2, -0.15) is 0 Å². The number of fused-ring (bicyclic) bond motifs is 1. The largest absolute Gasteiger partial charge is 0.356 e. The highest BCUT2D eigenvalue weighted by atomic mass is 16.1. The van der Waals surface area contributed by atoms with Crippen molar-refractivity contribution < 1.29 is 4.79 Å². The molecule has 27 heavy (non-hydrogen) atoms. The highest BCUT2D eigenvalue weighted by Crippen LogP contribution is 2.15. The second kappa shape index (κ2) is 9.13. The summed E-state index contributed by atoms with van der Waals surface area (Å²) in [5, 5.41) is 2.99. The standard InChI is InChI=1S/C21H30N4O2/c1-16-7-5-12-24(15-16)13-6-11-22-20(26)10-14-25-19-9-4-3-8-18(19)23-17(2)21(25)27/h3-4,8-9,16H,5-7,10-15H2,1-2H3,(H,22,26)/t16-/m1/s1. The first-order valence-corrected chi connectivity index (χ1v) is 10.00. The highest BCUT2D eigenvalue weighted by Gasteiger charge is 2.15. The minimum Gasteiger partial charge on any atom is -0.356 e. The van der Waals surface area contributed by atoms with E-state index in [9.17, 15) is 9.59 Å². The normalized spacial score (nSPS) is 17.9. The smallest absolute Gasteiger partial charge is 0.272 e. The number of benzene rings is 1. The van der Waals surface area contributed by atoms with Gasteiger partial charge in [0, 0.05) is 26.1 Å². The van der Waals surface area contributed by atoms with Crippen LogP contribution in [0.3, 0.4) is 0 Å². The zero-order chi connectivity index (χ0) is 19.2. The molecule has 2 heterocycles. The molecule has 1 aromatic heterocycles. The summed E-state index contributed by atoms with van der Waals surface area (Å²) in [6, 6.07) is 7.55. The number of nitrogens with zero attached hydrogens (tertiary/aromatic N) is 3. The van der Waals surface area contributed by atoms with Crippen LogP contribution in [0, 0.1) is 12.8 Å². The van der Waals surface area contributed by atoms with Gasteiger partial charge in [0.05, 0.1) is 11.0 Å². The van der Waals surface area contributed by atoms with E-state index < -0.39 is 0 Å². The Labute approximate surface area is 160 Å². The summed E-state index contributed by atoms with van der Waals surface area (Å²) >= 11 is 0. The predicted molar refractivity (Wildman–Crippen MR) is 108 cm³/mol. The summed E-state index contributed by atoms with van der Waals surface area (Å²) in [6.45, 7) is 8.47. The van der Waals surface area contributed by atoms with Crippen LogP contribution in [0.1, 0.15) is 38.3 Å². The maximum atomic E-state index is 12.4. The van der Waals surface area contributed by atoms with Crippen LogP contribution < -0.4 is 10.9 Å². The molecule has 3 rings (SSSR count). The number of para-hydroxylation sites is 2.